The van der Waals surface area contributed by atoms with Crippen molar-refractivity contribution in [2.75, 3.05) is 26.3 Å². The number of halogens is 1. The molecule has 2 heterocycles. The molecule has 1 fully saturated rings. The third kappa shape index (κ3) is 2.62. The summed E-state index contributed by atoms with van der Waals surface area (Å²) in [5.41, 5.74) is 6.40. The molecule has 0 aromatic heterocycles. The molecule has 6 heteroatoms. The maximum Gasteiger partial charge on any atom is 0.257 e. The number of ether oxygens (including phenoxy) is 2. The van der Waals surface area contributed by atoms with Crippen molar-refractivity contribution < 1.29 is 14.3 Å². The normalized spacial score (nSPS) is 20.9. The van der Waals surface area contributed by atoms with Gasteiger partial charge < -0.3 is 20.1 Å². The number of likely N-dealkylation sites (tertiary alicyclic amines) is 1. The van der Waals surface area contributed by atoms with Crippen LogP contribution >= 0.6 is 12.4 Å². The SMILES string of the molecule is Cl.NC1CCN(C(=O)c2cccc3c2OCCO3)C1. The molecule has 0 bridgehead atoms. The fraction of sp³-hybridized carbons (Fsp3) is 0.462. The van der Waals surface area contributed by atoms with E-state index in [1.165, 1.54) is 0 Å². The molecule has 1 aromatic carbocycles. The predicted octanol–water partition coefficient (Wildman–Crippen LogP) is 1.05. The first kappa shape index (κ1) is 14.0. The van der Waals surface area contributed by atoms with Crippen molar-refractivity contribution in [2.45, 2.75) is 12.5 Å². The van der Waals surface area contributed by atoms with Gasteiger partial charge in [0.1, 0.15) is 13.2 Å². The first-order valence-corrected chi connectivity index (χ1v) is 6.19. The van der Waals surface area contributed by atoms with Gasteiger partial charge in [0, 0.05) is 19.1 Å². The summed E-state index contributed by atoms with van der Waals surface area (Å²) in [6.45, 7) is 2.34. The number of nitrogens with zero attached hydrogens (tertiary/aromatic N) is 1. The van der Waals surface area contributed by atoms with E-state index in [9.17, 15) is 4.79 Å². The van der Waals surface area contributed by atoms with Crippen molar-refractivity contribution in [3.05, 3.63) is 23.8 Å². The molecule has 2 aliphatic heterocycles. The van der Waals surface area contributed by atoms with E-state index in [4.69, 9.17) is 15.2 Å². The van der Waals surface area contributed by atoms with Gasteiger partial charge in [0.05, 0.1) is 5.56 Å². The summed E-state index contributed by atoms with van der Waals surface area (Å²) in [6.07, 6.45) is 0.859. The fourth-order valence-electron chi connectivity index (χ4n) is 2.38. The summed E-state index contributed by atoms with van der Waals surface area (Å²) >= 11 is 0. The number of amides is 1. The number of carbonyl (C=O) groups is 1. The van der Waals surface area contributed by atoms with Crippen LogP contribution in [0.1, 0.15) is 16.8 Å². The molecular weight excluding hydrogens is 268 g/mol. The molecule has 104 valence electrons. The summed E-state index contributed by atoms with van der Waals surface area (Å²) in [6, 6.07) is 5.50. The molecule has 19 heavy (non-hydrogen) atoms. The summed E-state index contributed by atoms with van der Waals surface area (Å²) in [4.78, 5) is 14.2. The highest BCUT2D eigenvalue weighted by molar-refractivity contribution is 5.98. The number of fused-ring (bicyclic) bond motifs is 1. The van der Waals surface area contributed by atoms with Crippen LogP contribution < -0.4 is 15.2 Å². The zero-order chi connectivity index (χ0) is 12.5. The van der Waals surface area contributed by atoms with E-state index in [0.29, 0.717) is 43.4 Å². The first-order valence-electron chi connectivity index (χ1n) is 6.19. The van der Waals surface area contributed by atoms with Gasteiger partial charge in [-0.2, -0.15) is 0 Å². The van der Waals surface area contributed by atoms with Crippen LogP contribution in [0.5, 0.6) is 11.5 Å². The number of carbonyl (C=O) groups excluding carboxylic acids is 1. The summed E-state index contributed by atoms with van der Waals surface area (Å²) in [7, 11) is 0. The Morgan fingerprint density at radius 3 is 2.84 bits per heavy atom. The molecular formula is C13H17ClN2O3. The van der Waals surface area contributed by atoms with Crippen LogP contribution in [-0.2, 0) is 0 Å². The summed E-state index contributed by atoms with van der Waals surface area (Å²) < 4.78 is 11.0. The van der Waals surface area contributed by atoms with Gasteiger partial charge >= 0.3 is 0 Å². The number of nitrogens with two attached hydrogens (primary N) is 1. The van der Waals surface area contributed by atoms with Crippen molar-refractivity contribution >= 4 is 18.3 Å². The third-order valence-electron chi connectivity index (χ3n) is 3.31. The quantitative estimate of drug-likeness (QED) is 0.837. The topological polar surface area (TPSA) is 64.8 Å². The molecule has 1 aromatic rings. The lowest BCUT2D eigenvalue weighted by Crippen LogP contribution is -2.32. The van der Waals surface area contributed by atoms with Crippen LogP contribution in [0, 0.1) is 0 Å². The molecule has 1 unspecified atom stereocenters. The van der Waals surface area contributed by atoms with Gasteiger partial charge in [0.25, 0.3) is 5.91 Å². The Labute approximate surface area is 118 Å². The number of hydrogen-bond acceptors (Lipinski definition) is 4. The minimum absolute atomic E-state index is 0. The lowest BCUT2D eigenvalue weighted by atomic mass is 10.1. The molecule has 1 atom stereocenters. The van der Waals surface area contributed by atoms with Gasteiger partial charge in [0.2, 0.25) is 0 Å². The zero-order valence-electron chi connectivity index (χ0n) is 10.5. The van der Waals surface area contributed by atoms with E-state index in [2.05, 4.69) is 0 Å². The van der Waals surface area contributed by atoms with Crippen molar-refractivity contribution in [1.82, 2.24) is 4.90 Å². The molecule has 0 radical (unpaired) electrons. The molecule has 0 saturated carbocycles. The average Bonchev–Trinajstić information content (AvgIpc) is 2.84. The lowest BCUT2D eigenvalue weighted by Gasteiger charge is -2.23. The molecule has 2 aliphatic rings. The van der Waals surface area contributed by atoms with Gasteiger partial charge in [-0.15, -0.1) is 12.4 Å². The smallest absolute Gasteiger partial charge is 0.257 e. The Hall–Kier alpha value is -1.46. The first-order chi connectivity index (χ1) is 8.75. The van der Waals surface area contributed by atoms with Crippen LogP contribution in [0.15, 0.2) is 18.2 Å². The van der Waals surface area contributed by atoms with Crippen LogP contribution in [0.3, 0.4) is 0 Å². The minimum atomic E-state index is -0.0229. The molecule has 1 amide bonds. The number of para-hydroxylation sites is 1. The Morgan fingerprint density at radius 2 is 2.11 bits per heavy atom. The van der Waals surface area contributed by atoms with Crippen LogP contribution in [0.2, 0.25) is 0 Å². The van der Waals surface area contributed by atoms with Crippen LogP contribution in [0.4, 0.5) is 0 Å². The van der Waals surface area contributed by atoms with Crippen molar-refractivity contribution in [2.24, 2.45) is 5.73 Å². The number of benzene rings is 1. The van der Waals surface area contributed by atoms with E-state index in [1.54, 1.807) is 11.0 Å². The van der Waals surface area contributed by atoms with E-state index in [-0.39, 0.29) is 24.4 Å². The lowest BCUT2D eigenvalue weighted by molar-refractivity contribution is 0.0780. The summed E-state index contributed by atoms with van der Waals surface area (Å²) in [5, 5.41) is 0. The second kappa shape index (κ2) is 5.67. The number of hydrogen-bond donors (Lipinski definition) is 1. The van der Waals surface area contributed by atoms with Gasteiger partial charge in [-0.1, -0.05) is 6.07 Å². The number of rotatable bonds is 1. The van der Waals surface area contributed by atoms with Gasteiger partial charge in [-0.05, 0) is 18.6 Å². The largest absolute Gasteiger partial charge is 0.486 e. The molecule has 2 N–H and O–H groups in total. The summed E-state index contributed by atoms with van der Waals surface area (Å²) in [5.74, 6) is 1.19. The van der Waals surface area contributed by atoms with Crippen molar-refractivity contribution in [3.8, 4) is 11.5 Å². The highest BCUT2D eigenvalue weighted by Gasteiger charge is 2.28. The highest BCUT2D eigenvalue weighted by atomic mass is 35.5. The van der Waals surface area contributed by atoms with E-state index >= 15 is 0 Å². The fourth-order valence-corrected chi connectivity index (χ4v) is 2.38. The Morgan fingerprint density at radius 1 is 1.32 bits per heavy atom. The molecule has 1 saturated heterocycles. The van der Waals surface area contributed by atoms with Gasteiger partial charge in [0.15, 0.2) is 11.5 Å². The zero-order valence-corrected chi connectivity index (χ0v) is 11.3. The third-order valence-corrected chi connectivity index (χ3v) is 3.31. The Balaban J connectivity index is 0.00000133. The van der Waals surface area contributed by atoms with Crippen molar-refractivity contribution in [1.29, 1.82) is 0 Å². The Kier molecular flexibility index (Phi) is 4.17. The van der Waals surface area contributed by atoms with E-state index in [1.807, 2.05) is 12.1 Å². The molecule has 0 aliphatic carbocycles. The monoisotopic (exact) mass is 284 g/mol. The second-order valence-electron chi connectivity index (χ2n) is 4.63. The second-order valence-corrected chi connectivity index (χ2v) is 4.63. The molecule has 0 spiro atoms. The van der Waals surface area contributed by atoms with Crippen molar-refractivity contribution in [3.63, 3.8) is 0 Å². The minimum Gasteiger partial charge on any atom is -0.486 e. The highest BCUT2D eigenvalue weighted by Crippen LogP contribution is 2.34. The van der Waals surface area contributed by atoms with E-state index < -0.39 is 0 Å². The molecule has 5 nitrogen and oxygen atoms in total. The van der Waals surface area contributed by atoms with Crippen LogP contribution in [-0.4, -0.2) is 43.2 Å². The van der Waals surface area contributed by atoms with Crippen LogP contribution in [0.25, 0.3) is 0 Å². The van der Waals surface area contributed by atoms with Gasteiger partial charge in [-0.3, -0.25) is 4.79 Å². The van der Waals surface area contributed by atoms with E-state index in [0.717, 1.165) is 6.42 Å². The predicted molar refractivity (Wildman–Crippen MR) is 73.2 cm³/mol. The molecule has 3 rings (SSSR count). The Bertz CT molecular complexity index is 481. The maximum atomic E-state index is 12.4. The van der Waals surface area contributed by atoms with Gasteiger partial charge in [-0.25, -0.2) is 0 Å². The average molecular weight is 285 g/mol. The standard InChI is InChI=1S/C13H16N2O3.ClH/c14-9-4-5-15(8-9)13(16)10-2-1-3-11-12(10)18-7-6-17-11;/h1-3,9H,4-8,14H2;1H. The maximum absolute atomic E-state index is 12.4.